The van der Waals surface area contributed by atoms with E-state index in [9.17, 15) is 14.7 Å². The lowest BCUT2D eigenvalue weighted by molar-refractivity contribution is -0.134. The molecule has 1 aromatic rings. The number of aliphatic hydroxyl groups excluding tert-OH is 1. The maximum Gasteiger partial charge on any atom is 0.253 e. The predicted octanol–water partition coefficient (Wildman–Crippen LogP) is -0.298. The Morgan fingerprint density at radius 3 is 2.29 bits per heavy atom. The van der Waals surface area contributed by atoms with E-state index in [2.05, 4.69) is 5.32 Å². The minimum Gasteiger partial charge on any atom is -0.497 e. The first-order valence-electron chi connectivity index (χ1n) is 8.22. The number of β-amino-alcohol motifs (C(OH)–C–C–N with tert-alkyl or cyclic N) is 1. The molecule has 7 nitrogen and oxygen atoms in total. The van der Waals surface area contributed by atoms with Gasteiger partial charge in [0, 0.05) is 38.3 Å². The monoisotopic (exact) mass is 333 g/mol. The Kier molecular flexibility index (Phi) is 5.01. The summed E-state index contributed by atoms with van der Waals surface area (Å²) in [5.74, 6) is 0.704. The standard InChI is InChI=1S/C17H23N3O4/c1-24-14-4-2-12(3-5-14)16(22)19-6-8-20(9-7-19)17(23)15-10-13(21)11-18-15/h2-5,13,15,18,21H,6-11H2,1H3. The molecule has 2 heterocycles. The Morgan fingerprint density at radius 1 is 1.12 bits per heavy atom. The molecule has 2 amide bonds. The zero-order valence-corrected chi connectivity index (χ0v) is 13.8. The average Bonchev–Trinajstić information content (AvgIpc) is 3.07. The van der Waals surface area contributed by atoms with Gasteiger partial charge in [0.1, 0.15) is 5.75 Å². The van der Waals surface area contributed by atoms with Crippen molar-refractivity contribution in [2.24, 2.45) is 0 Å². The van der Waals surface area contributed by atoms with E-state index in [1.165, 1.54) is 0 Å². The van der Waals surface area contributed by atoms with E-state index in [-0.39, 0.29) is 17.9 Å². The minimum atomic E-state index is -0.447. The molecular formula is C17H23N3O4. The summed E-state index contributed by atoms with van der Waals surface area (Å²) >= 11 is 0. The molecule has 2 atom stereocenters. The highest BCUT2D eigenvalue weighted by Gasteiger charge is 2.33. The molecule has 2 aliphatic heterocycles. The molecule has 2 N–H and O–H groups in total. The normalized spacial score (nSPS) is 24.1. The Labute approximate surface area is 141 Å². The number of hydrogen-bond donors (Lipinski definition) is 2. The number of carbonyl (C=O) groups excluding carboxylic acids is 2. The van der Waals surface area contributed by atoms with Crippen LogP contribution in [0.4, 0.5) is 0 Å². The maximum absolute atomic E-state index is 12.5. The molecule has 2 saturated heterocycles. The van der Waals surface area contributed by atoms with Crippen LogP contribution in [0.5, 0.6) is 5.75 Å². The van der Waals surface area contributed by atoms with Gasteiger partial charge in [0.2, 0.25) is 5.91 Å². The Hall–Kier alpha value is -2.12. The molecule has 24 heavy (non-hydrogen) atoms. The third-order valence-electron chi connectivity index (χ3n) is 4.62. The van der Waals surface area contributed by atoms with Crippen molar-refractivity contribution in [3.8, 4) is 5.75 Å². The van der Waals surface area contributed by atoms with E-state index in [0.717, 1.165) is 0 Å². The van der Waals surface area contributed by atoms with Crippen molar-refractivity contribution in [3.63, 3.8) is 0 Å². The lowest BCUT2D eigenvalue weighted by Crippen LogP contribution is -2.54. The second-order valence-corrected chi connectivity index (χ2v) is 6.20. The summed E-state index contributed by atoms with van der Waals surface area (Å²) in [7, 11) is 1.59. The summed E-state index contributed by atoms with van der Waals surface area (Å²) in [4.78, 5) is 28.4. The van der Waals surface area contributed by atoms with Crippen molar-refractivity contribution in [2.75, 3.05) is 39.8 Å². The van der Waals surface area contributed by atoms with Gasteiger partial charge in [-0.05, 0) is 30.7 Å². The van der Waals surface area contributed by atoms with Gasteiger partial charge in [0.15, 0.2) is 0 Å². The Bertz CT molecular complexity index is 596. The van der Waals surface area contributed by atoms with Crippen LogP contribution in [0.15, 0.2) is 24.3 Å². The number of hydrogen-bond acceptors (Lipinski definition) is 5. The van der Waals surface area contributed by atoms with Crippen LogP contribution in [-0.4, -0.2) is 78.7 Å². The second-order valence-electron chi connectivity index (χ2n) is 6.20. The lowest BCUT2D eigenvalue weighted by atomic mass is 10.1. The number of nitrogens with one attached hydrogen (secondary N) is 1. The quantitative estimate of drug-likeness (QED) is 0.794. The third kappa shape index (κ3) is 3.52. The van der Waals surface area contributed by atoms with Crippen LogP contribution in [0.25, 0.3) is 0 Å². The van der Waals surface area contributed by atoms with E-state index < -0.39 is 6.10 Å². The number of aliphatic hydroxyl groups is 1. The summed E-state index contributed by atoms with van der Waals surface area (Å²) in [5.41, 5.74) is 0.621. The molecule has 2 unspecified atom stereocenters. The van der Waals surface area contributed by atoms with Crippen LogP contribution in [0.3, 0.4) is 0 Å². The highest BCUT2D eigenvalue weighted by atomic mass is 16.5. The van der Waals surface area contributed by atoms with Crippen LogP contribution < -0.4 is 10.1 Å². The van der Waals surface area contributed by atoms with Gasteiger partial charge in [-0.1, -0.05) is 0 Å². The van der Waals surface area contributed by atoms with Crippen LogP contribution in [0.2, 0.25) is 0 Å². The number of amides is 2. The largest absolute Gasteiger partial charge is 0.497 e. The van der Waals surface area contributed by atoms with Crippen molar-refractivity contribution >= 4 is 11.8 Å². The molecule has 7 heteroatoms. The molecule has 3 rings (SSSR count). The molecule has 130 valence electrons. The summed E-state index contributed by atoms with van der Waals surface area (Å²) in [6.45, 7) is 2.55. The molecule has 0 bridgehead atoms. The van der Waals surface area contributed by atoms with Crippen molar-refractivity contribution < 1.29 is 19.4 Å². The molecule has 0 radical (unpaired) electrons. The first-order chi connectivity index (χ1) is 11.6. The summed E-state index contributed by atoms with van der Waals surface area (Å²) in [6, 6.07) is 6.74. The van der Waals surface area contributed by atoms with Gasteiger partial charge in [-0.2, -0.15) is 0 Å². The number of piperazine rings is 1. The number of carbonyl (C=O) groups is 2. The fourth-order valence-corrected chi connectivity index (χ4v) is 3.17. The van der Waals surface area contributed by atoms with Gasteiger partial charge in [-0.25, -0.2) is 0 Å². The second kappa shape index (κ2) is 7.19. The molecule has 2 fully saturated rings. The number of nitrogens with zero attached hydrogens (tertiary/aromatic N) is 2. The van der Waals surface area contributed by atoms with Gasteiger partial charge in [0.25, 0.3) is 5.91 Å². The molecular weight excluding hydrogens is 310 g/mol. The molecule has 1 aromatic carbocycles. The maximum atomic E-state index is 12.5. The average molecular weight is 333 g/mol. The van der Waals surface area contributed by atoms with E-state index in [0.29, 0.717) is 50.5 Å². The Balaban J connectivity index is 1.54. The fourth-order valence-electron chi connectivity index (χ4n) is 3.17. The minimum absolute atomic E-state index is 0.0168. The van der Waals surface area contributed by atoms with Gasteiger partial charge < -0.3 is 25.0 Å². The molecule has 0 saturated carbocycles. The number of ether oxygens (including phenoxy) is 1. The Morgan fingerprint density at radius 2 is 1.75 bits per heavy atom. The molecule has 2 aliphatic rings. The van der Waals surface area contributed by atoms with E-state index in [4.69, 9.17) is 4.74 Å². The first kappa shape index (κ1) is 16.7. The molecule has 0 aliphatic carbocycles. The first-order valence-corrected chi connectivity index (χ1v) is 8.22. The van der Waals surface area contributed by atoms with Crippen LogP contribution in [-0.2, 0) is 4.79 Å². The third-order valence-corrected chi connectivity index (χ3v) is 4.62. The van der Waals surface area contributed by atoms with E-state index >= 15 is 0 Å². The summed E-state index contributed by atoms with van der Waals surface area (Å²) in [5, 5.41) is 12.6. The highest BCUT2D eigenvalue weighted by Crippen LogP contribution is 2.16. The van der Waals surface area contributed by atoms with E-state index in [1.54, 1.807) is 41.2 Å². The molecule has 0 spiro atoms. The number of benzene rings is 1. The van der Waals surface area contributed by atoms with Crippen LogP contribution in [0, 0.1) is 0 Å². The number of methoxy groups -OCH3 is 1. The highest BCUT2D eigenvalue weighted by molar-refractivity contribution is 5.94. The lowest BCUT2D eigenvalue weighted by Gasteiger charge is -2.36. The SMILES string of the molecule is COc1ccc(C(=O)N2CCN(C(=O)C3CC(O)CN3)CC2)cc1. The number of rotatable bonds is 3. The zero-order chi connectivity index (χ0) is 17.1. The topological polar surface area (TPSA) is 82.1 Å². The summed E-state index contributed by atoms with van der Waals surface area (Å²) < 4.78 is 5.10. The summed E-state index contributed by atoms with van der Waals surface area (Å²) in [6.07, 6.45) is 0.0148. The van der Waals surface area contributed by atoms with Crippen LogP contribution >= 0.6 is 0 Å². The van der Waals surface area contributed by atoms with Gasteiger partial charge in [0.05, 0.1) is 19.3 Å². The van der Waals surface area contributed by atoms with Crippen molar-refractivity contribution in [2.45, 2.75) is 18.6 Å². The van der Waals surface area contributed by atoms with Crippen LogP contribution in [0.1, 0.15) is 16.8 Å². The predicted molar refractivity (Wildman–Crippen MR) is 87.9 cm³/mol. The van der Waals surface area contributed by atoms with E-state index in [1.807, 2.05) is 0 Å². The zero-order valence-electron chi connectivity index (χ0n) is 13.8. The van der Waals surface area contributed by atoms with Gasteiger partial charge in [-0.3, -0.25) is 9.59 Å². The smallest absolute Gasteiger partial charge is 0.253 e. The fraction of sp³-hybridized carbons (Fsp3) is 0.529. The van der Waals surface area contributed by atoms with Gasteiger partial charge >= 0.3 is 0 Å². The van der Waals surface area contributed by atoms with Crippen molar-refractivity contribution in [1.82, 2.24) is 15.1 Å². The van der Waals surface area contributed by atoms with Crippen molar-refractivity contribution in [1.29, 1.82) is 0 Å². The van der Waals surface area contributed by atoms with Gasteiger partial charge in [-0.15, -0.1) is 0 Å². The van der Waals surface area contributed by atoms with Crippen molar-refractivity contribution in [3.05, 3.63) is 29.8 Å². The molecule has 0 aromatic heterocycles.